The fraction of sp³-hybridized carbons (Fsp3) is 0.667. The van der Waals surface area contributed by atoms with Crippen molar-refractivity contribution < 1.29 is 14.2 Å². The highest BCUT2D eigenvalue weighted by atomic mass is 16.5. The Morgan fingerprint density at radius 1 is 0.897 bits per heavy atom. The van der Waals surface area contributed by atoms with Gasteiger partial charge in [0.05, 0.1) is 26.4 Å². The number of benzene rings is 1. The van der Waals surface area contributed by atoms with E-state index in [2.05, 4.69) is 39.8 Å². The number of nitrogens with zero attached hydrogens (tertiary/aromatic N) is 2. The highest BCUT2D eigenvalue weighted by Gasteiger charge is 2.33. The molecule has 0 saturated carbocycles. The zero-order chi connectivity index (χ0) is 21.2. The standard InChI is InChI=1S/C24H38N2O3/c1-7-28-23-21(25-24(29-8-2)22(26-23)18(5)6)14-20(17(3)4)16-27-15-19-12-10-9-11-13-19/h9-13,17-18,20-22H,7-8,14-16H2,1-6H3/t20?,21-,22+/m0/s1. The molecule has 3 atom stereocenters. The van der Waals surface area contributed by atoms with Gasteiger partial charge in [0.1, 0.15) is 12.1 Å². The van der Waals surface area contributed by atoms with E-state index in [1.165, 1.54) is 5.56 Å². The summed E-state index contributed by atoms with van der Waals surface area (Å²) in [6, 6.07) is 10.1. The van der Waals surface area contributed by atoms with Crippen LogP contribution in [0.5, 0.6) is 0 Å². The number of hydrogen-bond acceptors (Lipinski definition) is 5. The molecular weight excluding hydrogens is 364 g/mol. The van der Waals surface area contributed by atoms with Crippen molar-refractivity contribution in [3.05, 3.63) is 35.9 Å². The molecule has 0 amide bonds. The van der Waals surface area contributed by atoms with Crippen molar-refractivity contribution in [1.82, 2.24) is 0 Å². The average Bonchev–Trinajstić information content (AvgIpc) is 2.69. The Labute approximate surface area is 176 Å². The first-order chi connectivity index (χ1) is 14.0. The fourth-order valence-corrected chi connectivity index (χ4v) is 3.42. The second-order valence-electron chi connectivity index (χ2n) is 8.25. The Balaban J connectivity index is 2.08. The molecule has 0 saturated heterocycles. The minimum atomic E-state index is -0.112. The molecule has 1 aromatic carbocycles. The van der Waals surface area contributed by atoms with E-state index in [0.29, 0.717) is 44.2 Å². The van der Waals surface area contributed by atoms with Gasteiger partial charge in [0.2, 0.25) is 11.8 Å². The van der Waals surface area contributed by atoms with Crippen LogP contribution in [0.2, 0.25) is 0 Å². The van der Waals surface area contributed by atoms with Gasteiger partial charge < -0.3 is 14.2 Å². The first-order valence-electron chi connectivity index (χ1n) is 11.0. The molecule has 162 valence electrons. The van der Waals surface area contributed by atoms with Crippen LogP contribution in [0.4, 0.5) is 0 Å². The third-order valence-electron chi connectivity index (χ3n) is 5.22. The minimum Gasteiger partial charge on any atom is -0.480 e. The lowest BCUT2D eigenvalue weighted by Crippen LogP contribution is -2.39. The minimum absolute atomic E-state index is 0.0698. The van der Waals surface area contributed by atoms with Gasteiger partial charge in [-0.15, -0.1) is 0 Å². The Morgan fingerprint density at radius 3 is 2.14 bits per heavy atom. The van der Waals surface area contributed by atoms with E-state index in [4.69, 9.17) is 24.2 Å². The summed E-state index contributed by atoms with van der Waals surface area (Å²) in [7, 11) is 0. The van der Waals surface area contributed by atoms with Gasteiger partial charge in [-0.05, 0) is 43.6 Å². The molecule has 1 aliphatic heterocycles. The van der Waals surface area contributed by atoms with E-state index in [1.54, 1.807) is 0 Å². The summed E-state index contributed by atoms with van der Waals surface area (Å²) in [5, 5.41) is 0. The summed E-state index contributed by atoms with van der Waals surface area (Å²) in [5.74, 6) is 2.62. The van der Waals surface area contributed by atoms with Gasteiger partial charge in [0.25, 0.3) is 0 Å². The highest BCUT2D eigenvalue weighted by molar-refractivity contribution is 5.94. The molecule has 1 aliphatic rings. The van der Waals surface area contributed by atoms with Crippen LogP contribution in [0.1, 0.15) is 53.5 Å². The second kappa shape index (κ2) is 12.0. The monoisotopic (exact) mass is 402 g/mol. The molecular formula is C24H38N2O3. The van der Waals surface area contributed by atoms with E-state index in [0.717, 1.165) is 18.2 Å². The lowest BCUT2D eigenvalue weighted by molar-refractivity contribution is 0.0665. The lowest BCUT2D eigenvalue weighted by Gasteiger charge is -2.31. The van der Waals surface area contributed by atoms with Crippen molar-refractivity contribution in [2.24, 2.45) is 27.7 Å². The molecule has 0 radical (unpaired) electrons. The van der Waals surface area contributed by atoms with E-state index in [1.807, 2.05) is 32.0 Å². The number of hydrogen-bond donors (Lipinski definition) is 0. The fourth-order valence-electron chi connectivity index (χ4n) is 3.42. The SMILES string of the molecule is CCOC1=N[C@H](C(C)C)C(OCC)=N[C@H]1CC(COCc1ccccc1)C(C)C. The summed E-state index contributed by atoms with van der Waals surface area (Å²) < 4.78 is 17.8. The van der Waals surface area contributed by atoms with E-state index >= 15 is 0 Å². The second-order valence-corrected chi connectivity index (χ2v) is 8.25. The predicted octanol–water partition coefficient (Wildman–Crippen LogP) is 5.14. The van der Waals surface area contributed by atoms with Crippen LogP contribution in [0.3, 0.4) is 0 Å². The van der Waals surface area contributed by atoms with Crippen molar-refractivity contribution in [2.75, 3.05) is 19.8 Å². The van der Waals surface area contributed by atoms with Crippen LogP contribution in [-0.2, 0) is 20.8 Å². The van der Waals surface area contributed by atoms with Crippen LogP contribution < -0.4 is 0 Å². The summed E-state index contributed by atoms with van der Waals surface area (Å²) in [4.78, 5) is 9.84. The number of rotatable bonds is 10. The molecule has 2 rings (SSSR count). The Bertz CT molecular complexity index is 655. The molecule has 0 aromatic heterocycles. The molecule has 0 aliphatic carbocycles. The zero-order valence-electron chi connectivity index (χ0n) is 18.9. The maximum Gasteiger partial charge on any atom is 0.210 e. The summed E-state index contributed by atoms with van der Waals surface area (Å²) >= 11 is 0. The number of aliphatic imine (C=N–C) groups is 2. The van der Waals surface area contributed by atoms with Gasteiger partial charge in [-0.1, -0.05) is 58.0 Å². The first-order valence-corrected chi connectivity index (χ1v) is 11.0. The van der Waals surface area contributed by atoms with E-state index in [9.17, 15) is 0 Å². The van der Waals surface area contributed by atoms with Gasteiger partial charge in [-0.2, -0.15) is 0 Å². The average molecular weight is 403 g/mol. The van der Waals surface area contributed by atoms with Gasteiger partial charge in [0.15, 0.2) is 0 Å². The van der Waals surface area contributed by atoms with Crippen LogP contribution in [0.25, 0.3) is 0 Å². The quantitative estimate of drug-likeness (QED) is 0.544. The Hall–Kier alpha value is -1.88. The largest absolute Gasteiger partial charge is 0.480 e. The van der Waals surface area contributed by atoms with E-state index < -0.39 is 0 Å². The van der Waals surface area contributed by atoms with Crippen LogP contribution in [-0.4, -0.2) is 43.7 Å². The Morgan fingerprint density at radius 2 is 1.55 bits per heavy atom. The predicted molar refractivity (Wildman–Crippen MR) is 120 cm³/mol. The van der Waals surface area contributed by atoms with Gasteiger partial charge in [-0.3, -0.25) is 0 Å². The van der Waals surface area contributed by atoms with Gasteiger partial charge >= 0.3 is 0 Å². The lowest BCUT2D eigenvalue weighted by atomic mass is 9.89. The van der Waals surface area contributed by atoms with Gasteiger partial charge in [0, 0.05) is 0 Å². The third-order valence-corrected chi connectivity index (χ3v) is 5.22. The molecule has 1 unspecified atom stereocenters. The summed E-state index contributed by atoms with van der Waals surface area (Å²) in [6.07, 6.45) is 0.840. The Kier molecular flexibility index (Phi) is 9.65. The molecule has 1 heterocycles. The summed E-state index contributed by atoms with van der Waals surface area (Å²) in [5.41, 5.74) is 1.20. The molecule has 0 spiro atoms. The zero-order valence-corrected chi connectivity index (χ0v) is 18.9. The molecule has 1 aromatic rings. The van der Waals surface area contributed by atoms with Crippen LogP contribution in [0.15, 0.2) is 40.3 Å². The number of ether oxygens (including phenoxy) is 3. The van der Waals surface area contributed by atoms with Gasteiger partial charge in [-0.25, -0.2) is 9.98 Å². The van der Waals surface area contributed by atoms with Crippen molar-refractivity contribution in [3.8, 4) is 0 Å². The molecule has 0 N–H and O–H groups in total. The van der Waals surface area contributed by atoms with E-state index in [-0.39, 0.29) is 12.1 Å². The normalized spacial score (nSPS) is 20.4. The molecule has 0 bridgehead atoms. The summed E-state index contributed by atoms with van der Waals surface area (Å²) in [6.45, 7) is 15.3. The molecule has 29 heavy (non-hydrogen) atoms. The molecule has 5 nitrogen and oxygen atoms in total. The van der Waals surface area contributed by atoms with Crippen LogP contribution in [0, 0.1) is 17.8 Å². The van der Waals surface area contributed by atoms with Crippen molar-refractivity contribution in [3.63, 3.8) is 0 Å². The highest BCUT2D eigenvalue weighted by Crippen LogP contribution is 2.25. The maximum atomic E-state index is 6.05. The topological polar surface area (TPSA) is 52.4 Å². The maximum absolute atomic E-state index is 6.05. The first kappa shape index (κ1) is 23.4. The van der Waals surface area contributed by atoms with Crippen LogP contribution >= 0.6 is 0 Å². The smallest absolute Gasteiger partial charge is 0.210 e. The molecule has 5 heteroatoms. The van der Waals surface area contributed by atoms with Crippen molar-refractivity contribution >= 4 is 11.8 Å². The third kappa shape index (κ3) is 7.14. The van der Waals surface area contributed by atoms with Crippen molar-refractivity contribution in [1.29, 1.82) is 0 Å². The molecule has 0 fully saturated rings. The van der Waals surface area contributed by atoms with Crippen molar-refractivity contribution in [2.45, 2.75) is 66.7 Å².